The number of ether oxygens (including phenoxy) is 2. The topological polar surface area (TPSA) is 64.6 Å². The van der Waals surface area contributed by atoms with Gasteiger partial charge in [-0.25, -0.2) is 4.79 Å². The number of rotatable bonds is 6. The quantitative estimate of drug-likeness (QED) is 0.356. The highest BCUT2D eigenvalue weighted by Gasteiger charge is 2.17. The van der Waals surface area contributed by atoms with Crippen LogP contribution >= 0.6 is 12.8 Å². The standard InChI is InChI=1S/C13H15NO4S/c1-3-12(15)18-10-6-4-9(5-7-10)8-11(14-19)13(16)17-2/h3-7,11,14,19H,1,8H2,2H3/t11-/m0/s1. The molecule has 102 valence electrons. The van der Waals surface area contributed by atoms with Crippen LogP contribution in [-0.4, -0.2) is 25.1 Å². The second-order valence-electron chi connectivity index (χ2n) is 3.68. The van der Waals surface area contributed by atoms with Crippen molar-refractivity contribution in [1.29, 1.82) is 0 Å². The van der Waals surface area contributed by atoms with Crippen molar-refractivity contribution in [2.75, 3.05) is 7.11 Å². The molecule has 1 rings (SSSR count). The zero-order chi connectivity index (χ0) is 14.3. The molecule has 1 aromatic carbocycles. The number of hydrogen-bond acceptors (Lipinski definition) is 6. The van der Waals surface area contributed by atoms with Crippen molar-refractivity contribution in [2.24, 2.45) is 0 Å². The normalized spacial score (nSPS) is 11.5. The fraction of sp³-hybridized carbons (Fsp3) is 0.231. The summed E-state index contributed by atoms with van der Waals surface area (Å²) in [6.45, 7) is 3.31. The summed E-state index contributed by atoms with van der Waals surface area (Å²) < 4.78 is 12.2. The van der Waals surface area contributed by atoms with Gasteiger partial charge in [-0.3, -0.25) is 9.52 Å². The van der Waals surface area contributed by atoms with Crippen molar-refractivity contribution in [3.8, 4) is 5.75 Å². The van der Waals surface area contributed by atoms with Crippen molar-refractivity contribution >= 4 is 24.8 Å². The van der Waals surface area contributed by atoms with Gasteiger partial charge in [0.15, 0.2) is 0 Å². The summed E-state index contributed by atoms with van der Waals surface area (Å²) in [6.07, 6.45) is 1.51. The largest absolute Gasteiger partial charge is 0.468 e. The number of carbonyl (C=O) groups is 2. The molecule has 1 aromatic rings. The molecule has 0 saturated carbocycles. The molecule has 6 heteroatoms. The summed E-state index contributed by atoms with van der Waals surface area (Å²) in [5.41, 5.74) is 0.885. The number of hydrogen-bond donors (Lipinski definition) is 2. The molecule has 0 radical (unpaired) electrons. The van der Waals surface area contributed by atoms with Crippen molar-refractivity contribution in [3.63, 3.8) is 0 Å². The molecule has 0 saturated heterocycles. The number of methoxy groups -OCH3 is 1. The van der Waals surface area contributed by atoms with Crippen LogP contribution in [0.25, 0.3) is 0 Å². The first-order valence-electron chi connectivity index (χ1n) is 5.51. The number of thiol groups is 1. The Morgan fingerprint density at radius 3 is 2.53 bits per heavy atom. The SMILES string of the molecule is C=CC(=O)Oc1ccc(C[C@H](NS)C(=O)OC)cc1. The molecule has 5 nitrogen and oxygen atoms in total. The highest BCUT2D eigenvalue weighted by molar-refractivity contribution is 7.78. The maximum atomic E-state index is 11.4. The van der Waals surface area contributed by atoms with Crippen molar-refractivity contribution in [3.05, 3.63) is 42.5 Å². The van der Waals surface area contributed by atoms with Gasteiger partial charge in [0.05, 0.1) is 7.11 Å². The van der Waals surface area contributed by atoms with Crippen LogP contribution in [0.4, 0.5) is 0 Å². The molecule has 1 atom stereocenters. The molecule has 0 fully saturated rings. The lowest BCUT2D eigenvalue weighted by molar-refractivity contribution is -0.142. The lowest BCUT2D eigenvalue weighted by Gasteiger charge is -2.13. The van der Waals surface area contributed by atoms with Crippen LogP contribution in [0.15, 0.2) is 36.9 Å². The average molecular weight is 281 g/mol. The monoisotopic (exact) mass is 281 g/mol. The van der Waals surface area contributed by atoms with Crippen LogP contribution in [0.3, 0.4) is 0 Å². The zero-order valence-corrected chi connectivity index (χ0v) is 11.4. The van der Waals surface area contributed by atoms with Gasteiger partial charge >= 0.3 is 11.9 Å². The highest BCUT2D eigenvalue weighted by Crippen LogP contribution is 2.14. The number of esters is 2. The third-order valence-corrected chi connectivity index (χ3v) is 2.70. The Hall–Kier alpha value is -1.79. The van der Waals surface area contributed by atoms with Crippen molar-refractivity contribution in [1.82, 2.24) is 4.72 Å². The second-order valence-corrected chi connectivity index (χ2v) is 3.94. The van der Waals surface area contributed by atoms with Crippen LogP contribution in [0.5, 0.6) is 5.75 Å². The van der Waals surface area contributed by atoms with E-state index in [1.165, 1.54) is 7.11 Å². The van der Waals surface area contributed by atoms with Gasteiger partial charge in [-0.1, -0.05) is 31.5 Å². The van der Waals surface area contributed by atoms with E-state index in [2.05, 4.69) is 28.9 Å². The molecule has 1 N–H and O–H groups in total. The molecular weight excluding hydrogens is 266 g/mol. The molecule has 0 heterocycles. The van der Waals surface area contributed by atoms with Gasteiger partial charge in [-0.15, -0.1) is 0 Å². The predicted molar refractivity (Wildman–Crippen MR) is 73.9 cm³/mol. The molecule has 0 aliphatic carbocycles. The Balaban J connectivity index is 2.68. The van der Waals surface area contributed by atoms with Gasteiger partial charge in [-0.05, 0) is 24.1 Å². The summed E-state index contributed by atoms with van der Waals surface area (Å²) in [6, 6.07) is 6.27. The maximum Gasteiger partial charge on any atom is 0.335 e. The summed E-state index contributed by atoms with van der Waals surface area (Å²) >= 11 is 3.89. The molecule has 0 bridgehead atoms. The Morgan fingerprint density at radius 1 is 1.42 bits per heavy atom. The molecule has 0 amide bonds. The van der Waals surface area contributed by atoms with E-state index in [0.717, 1.165) is 11.6 Å². The van der Waals surface area contributed by atoms with Crippen LogP contribution in [0.2, 0.25) is 0 Å². The Morgan fingerprint density at radius 2 is 2.05 bits per heavy atom. The van der Waals surface area contributed by atoms with Crippen molar-refractivity contribution in [2.45, 2.75) is 12.5 Å². The third-order valence-electron chi connectivity index (χ3n) is 2.39. The third kappa shape index (κ3) is 4.76. The van der Waals surface area contributed by atoms with Crippen LogP contribution in [0.1, 0.15) is 5.56 Å². The van der Waals surface area contributed by atoms with E-state index in [1.807, 2.05) is 0 Å². The molecule has 0 aliphatic heterocycles. The summed E-state index contributed by atoms with van der Waals surface area (Å²) in [7, 11) is 1.32. The van der Waals surface area contributed by atoms with Gasteiger partial charge in [0.1, 0.15) is 11.8 Å². The smallest absolute Gasteiger partial charge is 0.335 e. The summed E-state index contributed by atoms with van der Waals surface area (Å²) in [5.74, 6) is -0.489. The number of benzene rings is 1. The Bertz CT molecular complexity index is 458. The Labute approximate surface area is 117 Å². The second kappa shape index (κ2) is 7.60. The van der Waals surface area contributed by atoms with E-state index in [9.17, 15) is 9.59 Å². The number of carbonyl (C=O) groups excluding carboxylic acids is 2. The van der Waals surface area contributed by atoms with Crippen LogP contribution < -0.4 is 9.46 Å². The molecular formula is C13H15NO4S. The fourth-order valence-electron chi connectivity index (χ4n) is 1.41. The summed E-state index contributed by atoms with van der Waals surface area (Å²) in [4.78, 5) is 22.4. The maximum absolute atomic E-state index is 11.4. The Kier molecular flexibility index (Phi) is 6.11. The minimum Gasteiger partial charge on any atom is -0.468 e. The van der Waals surface area contributed by atoms with E-state index in [0.29, 0.717) is 12.2 Å². The lowest BCUT2D eigenvalue weighted by atomic mass is 10.1. The van der Waals surface area contributed by atoms with E-state index in [-0.39, 0.29) is 0 Å². The van der Waals surface area contributed by atoms with E-state index in [4.69, 9.17) is 4.74 Å². The van der Waals surface area contributed by atoms with Crippen LogP contribution in [0, 0.1) is 0 Å². The molecule has 19 heavy (non-hydrogen) atoms. The fourth-order valence-corrected chi connectivity index (χ4v) is 1.61. The first kappa shape index (κ1) is 15.3. The summed E-state index contributed by atoms with van der Waals surface area (Å²) in [5, 5.41) is 0. The van der Waals surface area contributed by atoms with Gasteiger partial charge in [-0.2, -0.15) is 0 Å². The van der Waals surface area contributed by atoms with E-state index < -0.39 is 18.0 Å². The predicted octanol–water partition coefficient (Wildman–Crippen LogP) is 1.30. The minimum absolute atomic E-state index is 0.392. The van der Waals surface area contributed by atoms with Gasteiger partial charge < -0.3 is 9.47 Å². The van der Waals surface area contributed by atoms with Gasteiger partial charge in [0.25, 0.3) is 0 Å². The molecule has 0 aromatic heterocycles. The molecule has 0 unspecified atom stereocenters. The van der Waals surface area contributed by atoms with Crippen LogP contribution in [-0.2, 0) is 20.7 Å². The molecule has 0 aliphatic rings. The number of nitrogens with one attached hydrogen (secondary N) is 1. The van der Waals surface area contributed by atoms with Gasteiger partial charge in [0, 0.05) is 6.08 Å². The first-order chi connectivity index (χ1) is 9.10. The molecule has 0 spiro atoms. The van der Waals surface area contributed by atoms with Gasteiger partial charge in [0.2, 0.25) is 0 Å². The first-order valence-corrected chi connectivity index (χ1v) is 5.96. The lowest BCUT2D eigenvalue weighted by Crippen LogP contribution is -2.34. The van der Waals surface area contributed by atoms with E-state index in [1.54, 1.807) is 24.3 Å². The van der Waals surface area contributed by atoms with Crippen molar-refractivity contribution < 1.29 is 19.1 Å². The minimum atomic E-state index is -0.532. The van der Waals surface area contributed by atoms with E-state index >= 15 is 0 Å². The average Bonchev–Trinajstić information content (AvgIpc) is 2.45. The zero-order valence-electron chi connectivity index (χ0n) is 10.5. The highest BCUT2D eigenvalue weighted by atomic mass is 32.1.